The molecule has 0 bridgehead atoms. The van der Waals surface area contributed by atoms with Gasteiger partial charge in [0.05, 0.1) is 14.2 Å². The molecule has 6 heteroatoms. The van der Waals surface area contributed by atoms with Crippen LogP contribution in [0, 0.1) is 0 Å². The summed E-state index contributed by atoms with van der Waals surface area (Å²) in [4.78, 5) is 12.3. The molecule has 1 amide bonds. The van der Waals surface area contributed by atoms with Gasteiger partial charge in [0, 0.05) is 22.2 Å². The minimum absolute atomic E-state index is 0.206. The van der Waals surface area contributed by atoms with Crippen molar-refractivity contribution in [3.8, 4) is 11.5 Å². The zero-order valence-corrected chi connectivity index (χ0v) is 13.3. The Balaban J connectivity index is 1.85. The quantitative estimate of drug-likeness (QED) is 0.771. The molecule has 0 saturated heterocycles. The third-order valence-electron chi connectivity index (χ3n) is 3.34. The molecule has 3 aromatic rings. The van der Waals surface area contributed by atoms with E-state index < -0.39 is 0 Å². The van der Waals surface area contributed by atoms with Crippen molar-refractivity contribution in [1.29, 1.82) is 0 Å². The molecule has 0 radical (unpaired) electrons. The highest BCUT2D eigenvalue weighted by atomic mass is 35.5. The van der Waals surface area contributed by atoms with Crippen LogP contribution in [-0.2, 0) is 0 Å². The summed E-state index contributed by atoms with van der Waals surface area (Å²) in [5, 5.41) is 4.12. The minimum Gasteiger partial charge on any atom is -0.493 e. The van der Waals surface area contributed by atoms with E-state index >= 15 is 0 Å². The summed E-state index contributed by atoms with van der Waals surface area (Å²) in [5.41, 5.74) is 1.18. The number of carbonyl (C=O) groups excluding carboxylic acids is 1. The van der Waals surface area contributed by atoms with Crippen molar-refractivity contribution in [2.75, 3.05) is 19.5 Å². The standard InChI is InChI=1S/C17H14ClNO4/c1-21-14-6-4-12(9-15(14)22-2)19-17(20)16-8-10-7-11(18)3-5-13(10)23-16/h3-9H,1-2H3,(H,19,20). The van der Waals surface area contributed by atoms with Gasteiger partial charge in [-0.3, -0.25) is 4.79 Å². The first-order valence-electron chi connectivity index (χ1n) is 6.83. The van der Waals surface area contributed by atoms with Crippen molar-refractivity contribution in [1.82, 2.24) is 0 Å². The van der Waals surface area contributed by atoms with Crippen LogP contribution in [0.25, 0.3) is 11.0 Å². The molecular weight excluding hydrogens is 318 g/mol. The molecule has 118 valence electrons. The number of benzene rings is 2. The number of rotatable bonds is 4. The number of amides is 1. The van der Waals surface area contributed by atoms with Crippen molar-refractivity contribution in [3.63, 3.8) is 0 Å². The van der Waals surface area contributed by atoms with E-state index in [1.165, 1.54) is 7.11 Å². The number of carbonyl (C=O) groups is 1. The molecule has 0 aliphatic carbocycles. The van der Waals surface area contributed by atoms with E-state index in [1.807, 2.05) is 0 Å². The van der Waals surface area contributed by atoms with Crippen LogP contribution in [0.5, 0.6) is 11.5 Å². The second-order valence-corrected chi connectivity index (χ2v) is 5.25. The van der Waals surface area contributed by atoms with Gasteiger partial charge in [-0.05, 0) is 36.4 Å². The number of hydrogen-bond acceptors (Lipinski definition) is 4. The summed E-state index contributed by atoms with van der Waals surface area (Å²) in [6, 6.07) is 11.9. The fraction of sp³-hybridized carbons (Fsp3) is 0.118. The number of furan rings is 1. The fourth-order valence-corrected chi connectivity index (χ4v) is 2.41. The van der Waals surface area contributed by atoms with Gasteiger partial charge in [0.25, 0.3) is 5.91 Å². The van der Waals surface area contributed by atoms with Crippen LogP contribution in [-0.4, -0.2) is 20.1 Å². The van der Waals surface area contributed by atoms with Crippen LogP contribution in [0.15, 0.2) is 46.9 Å². The Morgan fingerprint density at radius 1 is 1.04 bits per heavy atom. The average molecular weight is 332 g/mol. The molecule has 23 heavy (non-hydrogen) atoms. The number of anilines is 1. The van der Waals surface area contributed by atoms with Gasteiger partial charge >= 0.3 is 0 Å². The summed E-state index contributed by atoms with van der Waals surface area (Å²) in [7, 11) is 3.09. The van der Waals surface area contributed by atoms with Crippen molar-refractivity contribution < 1.29 is 18.7 Å². The Morgan fingerprint density at radius 2 is 1.83 bits per heavy atom. The highest BCUT2D eigenvalue weighted by Crippen LogP contribution is 2.30. The fourth-order valence-electron chi connectivity index (χ4n) is 2.23. The number of halogens is 1. The maximum Gasteiger partial charge on any atom is 0.291 e. The zero-order chi connectivity index (χ0) is 16.4. The first kappa shape index (κ1) is 15.2. The maximum absolute atomic E-state index is 12.3. The third-order valence-corrected chi connectivity index (χ3v) is 3.58. The summed E-state index contributed by atoms with van der Waals surface area (Å²) in [6.07, 6.45) is 0. The molecule has 0 fully saturated rings. The van der Waals surface area contributed by atoms with Gasteiger partial charge in [-0.15, -0.1) is 0 Å². The van der Waals surface area contributed by atoms with Crippen molar-refractivity contribution in [2.24, 2.45) is 0 Å². The Morgan fingerprint density at radius 3 is 2.57 bits per heavy atom. The van der Waals surface area contributed by atoms with Crippen LogP contribution in [0.1, 0.15) is 10.6 Å². The molecular formula is C17H14ClNO4. The largest absolute Gasteiger partial charge is 0.493 e. The molecule has 0 saturated carbocycles. The topological polar surface area (TPSA) is 60.7 Å². The van der Waals surface area contributed by atoms with Gasteiger partial charge < -0.3 is 19.2 Å². The summed E-state index contributed by atoms with van der Waals surface area (Å²) in [5.74, 6) is 0.965. The smallest absolute Gasteiger partial charge is 0.291 e. The first-order valence-corrected chi connectivity index (χ1v) is 7.21. The molecule has 0 spiro atoms. The van der Waals surface area contributed by atoms with Crippen LogP contribution in [0.3, 0.4) is 0 Å². The van der Waals surface area contributed by atoms with Gasteiger partial charge in [0.15, 0.2) is 17.3 Å². The Labute approximate surface area is 137 Å². The van der Waals surface area contributed by atoms with E-state index in [-0.39, 0.29) is 11.7 Å². The van der Waals surface area contributed by atoms with E-state index in [0.717, 1.165) is 5.39 Å². The number of nitrogens with one attached hydrogen (secondary N) is 1. The van der Waals surface area contributed by atoms with Crippen LogP contribution >= 0.6 is 11.6 Å². The molecule has 3 rings (SSSR count). The monoisotopic (exact) mass is 331 g/mol. The molecule has 1 N–H and O–H groups in total. The molecule has 5 nitrogen and oxygen atoms in total. The third kappa shape index (κ3) is 3.10. The van der Waals surface area contributed by atoms with Gasteiger partial charge in [-0.1, -0.05) is 11.6 Å². The van der Waals surface area contributed by atoms with Gasteiger partial charge in [0.2, 0.25) is 0 Å². The second kappa shape index (κ2) is 6.22. The lowest BCUT2D eigenvalue weighted by atomic mass is 10.2. The summed E-state index contributed by atoms with van der Waals surface area (Å²) < 4.78 is 15.9. The van der Waals surface area contributed by atoms with E-state index in [9.17, 15) is 4.79 Å². The SMILES string of the molecule is COc1ccc(NC(=O)c2cc3cc(Cl)ccc3o2)cc1OC. The van der Waals surface area contributed by atoms with E-state index in [1.54, 1.807) is 49.6 Å². The van der Waals surface area contributed by atoms with E-state index in [4.69, 9.17) is 25.5 Å². The van der Waals surface area contributed by atoms with E-state index in [0.29, 0.717) is 27.8 Å². The molecule has 0 aliphatic heterocycles. The summed E-state index contributed by atoms with van der Waals surface area (Å²) >= 11 is 5.93. The lowest BCUT2D eigenvalue weighted by Crippen LogP contribution is -2.10. The average Bonchev–Trinajstić information content (AvgIpc) is 2.97. The highest BCUT2D eigenvalue weighted by Gasteiger charge is 2.14. The molecule has 1 aromatic heterocycles. The number of ether oxygens (including phenoxy) is 2. The van der Waals surface area contributed by atoms with E-state index in [2.05, 4.69) is 5.32 Å². The molecule has 0 atom stereocenters. The zero-order valence-electron chi connectivity index (χ0n) is 12.6. The predicted molar refractivity (Wildman–Crippen MR) is 88.7 cm³/mol. The number of fused-ring (bicyclic) bond motifs is 1. The van der Waals surface area contributed by atoms with Gasteiger partial charge in [0.1, 0.15) is 5.58 Å². The van der Waals surface area contributed by atoms with Gasteiger partial charge in [-0.2, -0.15) is 0 Å². The highest BCUT2D eigenvalue weighted by molar-refractivity contribution is 6.31. The van der Waals surface area contributed by atoms with Crippen LogP contribution < -0.4 is 14.8 Å². The normalized spacial score (nSPS) is 10.6. The summed E-state index contributed by atoms with van der Waals surface area (Å²) in [6.45, 7) is 0. The maximum atomic E-state index is 12.3. The van der Waals surface area contributed by atoms with Gasteiger partial charge in [-0.25, -0.2) is 0 Å². The second-order valence-electron chi connectivity index (χ2n) is 4.82. The number of methoxy groups -OCH3 is 2. The Bertz CT molecular complexity index is 872. The van der Waals surface area contributed by atoms with Crippen molar-refractivity contribution in [3.05, 3.63) is 53.2 Å². The van der Waals surface area contributed by atoms with Crippen molar-refractivity contribution >= 4 is 34.2 Å². The molecule has 0 aliphatic rings. The predicted octanol–water partition coefficient (Wildman–Crippen LogP) is 4.36. The van der Waals surface area contributed by atoms with Crippen LogP contribution in [0.4, 0.5) is 5.69 Å². The molecule has 1 heterocycles. The molecule has 2 aromatic carbocycles. The Hall–Kier alpha value is -2.66. The Kier molecular flexibility index (Phi) is 4.12. The van der Waals surface area contributed by atoms with Crippen molar-refractivity contribution in [2.45, 2.75) is 0 Å². The lowest BCUT2D eigenvalue weighted by molar-refractivity contribution is 0.0998. The minimum atomic E-state index is -0.357. The first-order chi connectivity index (χ1) is 11.1. The number of hydrogen-bond donors (Lipinski definition) is 1. The molecule has 0 unspecified atom stereocenters. The lowest BCUT2D eigenvalue weighted by Gasteiger charge is -2.09. The van der Waals surface area contributed by atoms with Crippen LogP contribution in [0.2, 0.25) is 5.02 Å².